The van der Waals surface area contributed by atoms with Gasteiger partial charge in [-0.15, -0.1) is 0 Å². The minimum Gasteiger partial charge on any atom is -0.346 e. The molecule has 19 heavy (non-hydrogen) atoms. The molecule has 2 fully saturated rings. The molecule has 1 saturated heterocycles. The van der Waals surface area contributed by atoms with Gasteiger partial charge in [-0.25, -0.2) is 0 Å². The number of aromatic nitrogens is 2. The van der Waals surface area contributed by atoms with E-state index in [1.54, 1.807) is 0 Å². The minimum atomic E-state index is -4.45. The predicted octanol–water partition coefficient (Wildman–Crippen LogP) is 2.12. The average Bonchev–Trinajstić information content (AvgIpc) is 2.92. The molecule has 0 bridgehead atoms. The lowest BCUT2D eigenvalue weighted by Gasteiger charge is -2.27. The summed E-state index contributed by atoms with van der Waals surface area (Å²) in [6.07, 6.45) is -1.41. The molecule has 0 spiro atoms. The van der Waals surface area contributed by atoms with Gasteiger partial charge in [0, 0.05) is 30.7 Å². The van der Waals surface area contributed by atoms with Crippen LogP contribution in [0.15, 0.2) is 0 Å². The monoisotopic (exact) mass is 292 g/mol. The fraction of sp³-hybridized carbons (Fsp3) is 0.818. The van der Waals surface area contributed by atoms with Crippen LogP contribution >= 0.6 is 11.5 Å². The van der Waals surface area contributed by atoms with Gasteiger partial charge in [-0.2, -0.15) is 22.5 Å². The van der Waals surface area contributed by atoms with Gasteiger partial charge in [-0.05, 0) is 31.1 Å². The molecule has 1 aromatic heterocycles. The van der Waals surface area contributed by atoms with Crippen LogP contribution in [-0.4, -0.2) is 28.5 Å². The first-order valence-corrected chi connectivity index (χ1v) is 7.12. The minimum absolute atomic E-state index is 0.237. The molecule has 2 aliphatic rings. The van der Waals surface area contributed by atoms with Crippen LogP contribution in [0.2, 0.25) is 0 Å². The van der Waals surface area contributed by atoms with E-state index in [-0.39, 0.29) is 6.04 Å². The van der Waals surface area contributed by atoms with E-state index in [1.807, 2.05) is 4.90 Å². The molecule has 1 aliphatic carbocycles. The van der Waals surface area contributed by atoms with Crippen molar-refractivity contribution in [3.63, 3.8) is 0 Å². The highest BCUT2D eigenvalue weighted by molar-refractivity contribution is 7.09. The van der Waals surface area contributed by atoms with Crippen LogP contribution in [0.3, 0.4) is 0 Å². The molecule has 8 heteroatoms. The SMILES string of the molecule is NC1CC[C@@H]2CN(c3nc(C(F)(F)F)ns3)C[C@@H]2C1. The van der Waals surface area contributed by atoms with Crippen molar-refractivity contribution in [2.24, 2.45) is 17.6 Å². The number of halogens is 3. The Morgan fingerprint density at radius 2 is 1.95 bits per heavy atom. The van der Waals surface area contributed by atoms with E-state index >= 15 is 0 Å². The smallest absolute Gasteiger partial charge is 0.346 e. The summed E-state index contributed by atoms with van der Waals surface area (Å²) in [5.74, 6) is -0.000836. The Kier molecular flexibility index (Phi) is 3.17. The molecule has 106 valence electrons. The van der Waals surface area contributed by atoms with Crippen molar-refractivity contribution < 1.29 is 13.2 Å². The van der Waals surface area contributed by atoms with Gasteiger partial charge in [0.25, 0.3) is 0 Å². The van der Waals surface area contributed by atoms with Crippen molar-refractivity contribution >= 4 is 16.7 Å². The number of nitrogens with zero attached hydrogens (tertiary/aromatic N) is 3. The molecule has 1 aromatic rings. The van der Waals surface area contributed by atoms with Gasteiger partial charge >= 0.3 is 6.18 Å². The van der Waals surface area contributed by atoms with E-state index in [0.29, 0.717) is 17.0 Å². The topological polar surface area (TPSA) is 55.0 Å². The lowest BCUT2D eigenvalue weighted by molar-refractivity contribution is -0.144. The van der Waals surface area contributed by atoms with Crippen molar-refractivity contribution in [1.82, 2.24) is 9.36 Å². The Morgan fingerprint density at radius 1 is 1.21 bits per heavy atom. The maximum atomic E-state index is 12.5. The number of fused-ring (bicyclic) bond motifs is 1. The van der Waals surface area contributed by atoms with Crippen molar-refractivity contribution in [2.75, 3.05) is 18.0 Å². The standard InChI is InChI=1S/C11H15F3N4S/c12-11(13,14)9-16-10(19-17-9)18-4-6-1-2-8(15)3-7(6)5-18/h6-8H,1-5,15H2/t6-,7+,8?/m1/s1. The van der Waals surface area contributed by atoms with Crippen molar-refractivity contribution in [3.8, 4) is 0 Å². The van der Waals surface area contributed by atoms with E-state index in [1.165, 1.54) is 0 Å². The van der Waals surface area contributed by atoms with Crippen LogP contribution in [0.4, 0.5) is 18.3 Å². The average molecular weight is 292 g/mol. The fourth-order valence-electron chi connectivity index (χ4n) is 3.08. The first-order valence-electron chi connectivity index (χ1n) is 6.35. The van der Waals surface area contributed by atoms with Gasteiger partial charge in [-0.3, -0.25) is 0 Å². The van der Waals surface area contributed by atoms with Crippen LogP contribution < -0.4 is 10.6 Å². The highest BCUT2D eigenvalue weighted by Gasteiger charge is 2.40. The first-order chi connectivity index (χ1) is 8.93. The fourth-order valence-corrected chi connectivity index (χ4v) is 3.79. The summed E-state index contributed by atoms with van der Waals surface area (Å²) in [5, 5.41) is 0.385. The second kappa shape index (κ2) is 4.59. The lowest BCUT2D eigenvalue weighted by Crippen LogP contribution is -2.32. The Balaban J connectivity index is 1.72. The number of hydrogen-bond donors (Lipinski definition) is 1. The normalized spacial score (nSPS) is 31.6. The number of nitrogens with two attached hydrogens (primary N) is 1. The molecular formula is C11H15F3N4S. The molecule has 1 aliphatic heterocycles. The zero-order valence-electron chi connectivity index (χ0n) is 10.2. The van der Waals surface area contributed by atoms with Crippen molar-refractivity contribution in [3.05, 3.63) is 5.82 Å². The molecule has 0 aromatic carbocycles. The van der Waals surface area contributed by atoms with E-state index in [9.17, 15) is 13.2 Å². The van der Waals surface area contributed by atoms with E-state index in [2.05, 4.69) is 9.36 Å². The summed E-state index contributed by atoms with van der Waals surface area (Å²) in [5.41, 5.74) is 5.94. The summed E-state index contributed by atoms with van der Waals surface area (Å²) >= 11 is 0.833. The number of alkyl halides is 3. The quantitative estimate of drug-likeness (QED) is 0.861. The van der Waals surface area contributed by atoms with Gasteiger partial charge < -0.3 is 10.6 Å². The highest BCUT2D eigenvalue weighted by atomic mass is 32.1. The Bertz CT molecular complexity index is 461. The molecule has 1 unspecified atom stereocenters. The van der Waals surface area contributed by atoms with Crippen LogP contribution in [0.5, 0.6) is 0 Å². The third-order valence-electron chi connectivity index (χ3n) is 4.03. The third-order valence-corrected chi connectivity index (χ3v) is 4.81. The summed E-state index contributed by atoms with van der Waals surface area (Å²) in [7, 11) is 0. The third kappa shape index (κ3) is 2.55. The van der Waals surface area contributed by atoms with Crippen molar-refractivity contribution in [1.29, 1.82) is 0 Å². The molecule has 2 N–H and O–H groups in total. The number of hydrogen-bond acceptors (Lipinski definition) is 5. The Labute approximate surface area is 113 Å². The zero-order chi connectivity index (χ0) is 13.6. The van der Waals surface area contributed by atoms with Gasteiger partial charge in [0.15, 0.2) is 0 Å². The summed E-state index contributed by atoms with van der Waals surface area (Å²) in [4.78, 5) is 5.55. The zero-order valence-corrected chi connectivity index (χ0v) is 11.0. The molecule has 2 heterocycles. The molecule has 4 nitrogen and oxygen atoms in total. The molecule has 3 atom stereocenters. The number of rotatable bonds is 1. The molecule has 0 amide bonds. The highest BCUT2D eigenvalue weighted by Crippen LogP contribution is 2.39. The second-order valence-electron chi connectivity index (χ2n) is 5.40. The predicted molar refractivity (Wildman–Crippen MR) is 65.9 cm³/mol. The van der Waals surface area contributed by atoms with Gasteiger partial charge in [0.2, 0.25) is 11.0 Å². The molecular weight excluding hydrogens is 277 g/mol. The Hall–Kier alpha value is -0.890. The second-order valence-corrected chi connectivity index (χ2v) is 6.13. The maximum absolute atomic E-state index is 12.5. The van der Waals surface area contributed by atoms with Crippen LogP contribution in [0, 0.1) is 11.8 Å². The van der Waals surface area contributed by atoms with Crippen LogP contribution in [-0.2, 0) is 6.18 Å². The lowest BCUT2D eigenvalue weighted by atomic mass is 9.79. The van der Waals surface area contributed by atoms with Gasteiger partial charge in [0.1, 0.15) is 0 Å². The van der Waals surface area contributed by atoms with Crippen molar-refractivity contribution in [2.45, 2.75) is 31.5 Å². The maximum Gasteiger partial charge on any atom is 0.452 e. The van der Waals surface area contributed by atoms with E-state index in [0.717, 1.165) is 43.9 Å². The molecule has 0 radical (unpaired) electrons. The largest absolute Gasteiger partial charge is 0.452 e. The number of anilines is 1. The summed E-state index contributed by atoms with van der Waals surface area (Å²) < 4.78 is 40.8. The van der Waals surface area contributed by atoms with Gasteiger partial charge in [0.05, 0.1) is 0 Å². The van der Waals surface area contributed by atoms with Gasteiger partial charge in [-0.1, -0.05) is 0 Å². The van der Waals surface area contributed by atoms with E-state index in [4.69, 9.17) is 5.73 Å². The summed E-state index contributed by atoms with van der Waals surface area (Å²) in [6, 6.07) is 0.237. The molecule has 3 rings (SSSR count). The van der Waals surface area contributed by atoms with E-state index < -0.39 is 12.0 Å². The van der Waals surface area contributed by atoms with Crippen LogP contribution in [0.25, 0.3) is 0 Å². The first kappa shape index (κ1) is 13.1. The Morgan fingerprint density at radius 3 is 2.63 bits per heavy atom. The van der Waals surface area contributed by atoms with Crippen LogP contribution in [0.1, 0.15) is 25.1 Å². The summed E-state index contributed by atoms with van der Waals surface area (Å²) in [6.45, 7) is 1.54. The molecule has 1 saturated carbocycles.